The number of rotatable bonds is 5. The van der Waals surface area contributed by atoms with E-state index in [1.165, 1.54) is 14.2 Å². The second-order valence-corrected chi connectivity index (χ2v) is 6.31. The van der Waals surface area contributed by atoms with Crippen LogP contribution >= 0.6 is 15.9 Å². The van der Waals surface area contributed by atoms with E-state index in [1.807, 2.05) is 0 Å². The summed E-state index contributed by atoms with van der Waals surface area (Å²) in [6, 6.07) is 1.60. The second-order valence-electron chi connectivity index (χ2n) is 5.45. The van der Waals surface area contributed by atoms with E-state index in [-0.39, 0.29) is 5.75 Å². The molecule has 0 heterocycles. The molecule has 120 valence electrons. The van der Waals surface area contributed by atoms with Crippen molar-refractivity contribution in [1.82, 2.24) is 0 Å². The van der Waals surface area contributed by atoms with Crippen LogP contribution in [0.15, 0.2) is 10.5 Å². The smallest absolute Gasteiger partial charge is 0.314 e. The minimum Gasteiger partial charge on any atom is -0.492 e. The third-order valence-corrected chi connectivity index (χ3v) is 4.97. The molecule has 1 aromatic carbocycles. The van der Waals surface area contributed by atoms with Gasteiger partial charge in [0.15, 0.2) is 17.8 Å². The number of hydrogen-bond acceptors (Lipinski definition) is 4. The molecule has 1 aliphatic rings. The average Bonchev–Trinajstić information content (AvgIpc) is 2.53. The Balaban J connectivity index is 2.77. The van der Waals surface area contributed by atoms with Crippen LogP contribution < -0.4 is 9.47 Å². The molecule has 1 saturated carbocycles. The summed E-state index contributed by atoms with van der Waals surface area (Å²) in [5, 5.41) is 9.89. The Morgan fingerprint density at radius 2 is 1.82 bits per heavy atom. The molecule has 22 heavy (non-hydrogen) atoms. The van der Waals surface area contributed by atoms with Crippen LogP contribution in [0.5, 0.6) is 11.5 Å². The fourth-order valence-corrected chi connectivity index (χ4v) is 4.10. The first-order valence-corrected chi connectivity index (χ1v) is 7.94. The van der Waals surface area contributed by atoms with Gasteiger partial charge in [0.05, 0.1) is 25.2 Å². The average molecular weight is 371 g/mol. The summed E-state index contributed by atoms with van der Waals surface area (Å²) in [6.45, 7) is 0. The van der Waals surface area contributed by atoms with Gasteiger partial charge in [0, 0.05) is 10.0 Å². The lowest BCUT2D eigenvalue weighted by atomic mass is 9.69. The van der Waals surface area contributed by atoms with Crippen LogP contribution in [0, 0.1) is 0 Å². The van der Waals surface area contributed by atoms with E-state index in [1.54, 1.807) is 6.07 Å². The van der Waals surface area contributed by atoms with E-state index in [0.717, 1.165) is 19.3 Å². The fraction of sp³-hybridized carbons (Fsp3) is 0.500. The van der Waals surface area contributed by atoms with Crippen molar-refractivity contribution in [3.8, 4) is 11.5 Å². The van der Waals surface area contributed by atoms with Crippen LogP contribution in [-0.2, 0) is 10.2 Å². The molecular weight excluding hydrogens is 352 g/mol. The van der Waals surface area contributed by atoms with Gasteiger partial charge in [-0.2, -0.15) is 0 Å². The summed E-state index contributed by atoms with van der Waals surface area (Å²) in [7, 11) is 2.90. The lowest BCUT2D eigenvalue weighted by Crippen LogP contribution is -2.38. The van der Waals surface area contributed by atoms with Crippen molar-refractivity contribution < 1.29 is 24.2 Å². The Kier molecular flexibility index (Phi) is 5.11. The number of carbonyl (C=O) groups is 2. The Labute approximate surface area is 137 Å². The van der Waals surface area contributed by atoms with Crippen LogP contribution in [0.4, 0.5) is 0 Å². The molecule has 0 atom stereocenters. The van der Waals surface area contributed by atoms with Gasteiger partial charge in [-0.15, -0.1) is 0 Å². The maximum Gasteiger partial charge on any atom is 0.314 e. The monoisotopic (exact) mass is 370 g/mol. The van der Waals surface area contributed by atoms with Gasteiger partial charge >= 0.3 is 5.97 Å². The van der Waals surface area contributed by atoms with Crippen LogP contribution in [0.3, 0.4) is 0 Å². The lowest BCUT2D eigenvalue weighted by Gasteiger charge is -2.35. The molecule has 2 rings (SSSR count). The van der Waals surface area contributed by atoms with Crippen molar-refractivity contribution in [3.63, 3.8) is 0 Å². The van der Waals surface area contributed by atoms with Crippen molar-refractivity contribution in [2.75, 3.05) is 14.2 Å². The predicted molar refractivity (Wildman–Crippen MR) is 85.0 cm³/mol. The number of carbonyl (C=O) groups excluding carboxylic acids is 1. The first kappa shape index (κ1) is 16.8. The van der Waals surface area contributed by atoms with Crippen LogP contribution in [-0.4, -0.2) is 31.6 Å². The maximum absolute atomic E-state index is 12.1. The number of benzene rings is 1. The first-order chi connectivity index (χ1) is 10.5. The van der Waals surface area contributed by atoms with Gasteiger partial charge in [0.2, 0.25) is 0 Å². The quantitative estimate of drug-likeness (QED) is 0.802. The van der Waals surface area contributed by atoms with Gasteiger partial charge in [-0.1, -0.05) is 35.2 Å². The number of ether oxygens (including phenoxy) is 2. The SMILES string of the molecule is COc1c(C=O)cc(Br)c(C2(C(=O)O)CCCCC2)c1OC. The summed E-state index contributed by atoms with van der Waals surface area (Å²) < 4.78 is 11.3. The Hall–Kier alpha value is -1.56. The number of carboxylic acids is 1. The molecule has 6 heteroatoms. The molecule has 1 N–H and O–H groups in total. The van der Waals surface area contributed by atoms with Crippen LogP contribution in [0.1, 0.15) is 48.0 Å². The van der Waals surface area contributed by atoms with Gasteiger partial charge in [0.25, 0.3) is 0 Å². The fourth-order valence-electron chi connectivity index (χ4n) is 3.29. The number of carboxylic acid groups (broad SMARTS) is 1. The Morgan fingerprint density at radius 3 is 2.27 bits per heavy atom. The molecule has 0 bridgehead atoms. The Bertz CT molecular complexity index is 591. The molecule has 0 radical (unpaired) electrons. The number of aldehydes is 1. The molecule has 0 unspecified atom stereocenters. The van der Waals surface area contributed by atoms with Gasteiger partial charge < -0.3 is 14.6 Å². The molecule has 5 nitrogen and oxygen atoms in total. The summed E-state index contributed by atoms with van der Waals surface area (Å²) in [4.78, 5) is 23.3. The van der Waals surface area contributed by atoms with E-state index >= 15 is 0 Å². The summed E-state index contributed by atoms with van der Waals surface area (Å²) in [5.41, 5.74) is -0.132. The van der Waals surface area contributed by atoms with E-state index in [2.05, 4.69) is 15.9 Å². The van der Waals surface area contributed by atoms with Gasteiger partial charge in [-0.3, -0.25) is 9.59 Å². The van der Waals surface area contributed by atoms with Crippen molar-refractivity contribution in [1.29, 1.82) is 0 Å². The highest BCUT2D eigenvalue weighted by Gasteiger charge is 2.45. The highest BCUT2D eigenvalue weighted by atomic mass is 79.9. The van der Waals surface area contributed by atoms with Crippen molar-refractivity contribution in [3.05, 3.63) is 21.7 Å². The van der Waals surface area contributed by atoms with E-state index in [0.29, 0.717) is 40.5 Å². The highest BCUT2D eigenvalue weighted by Crippen LogP contribution is 2.50. The lowest BCUT2D eigenvalue weighted by molar-refractivity contribution is -0.145. The van der Waals surface area contributed by atoms with Crippen molar-refractivity contribution in [2.45, 2.75) is 37.5 Å². The molecule has 1 fully saturated rings. The van der Waals surface area contributed by atoms with Gasteiger partial charge in [0.1, 0.15) is 0 Å². The summed E-state index contributed by atoms with van der Waals surface area (Å²) in [5.74, 6) is -0.266. The summed E-state index contributed by atoms with van der Waals surface area (Å²) in [6.07, 6.45) is 4.48. The second kappa shape index (κ2) is 6.69. The van der Waals surface area contributed by atoms with E-state index in [9.17, 15) is 14.7 Å². The number of halogens is 1. The zero-order chi connectivity index (χ0) is 16.3. The Morgan fingerprint density at radius 1 is 1.23 bits per heavy atom. The third kappa shape index (κ3) is 2.60. The van der Waals surface area contributed by atoms with Crippen LogP contribution in [0.2, 0.25) is 0 Å². The summed E-state index contributed by atoms with van der Waals surface area (Å²) >= 11 is 3.42. The topological polar surface area (TPSA) is 72.8 Å². The molecule has 0 aromatic heterocycles. The number of hydrogen-bond donors (Lipinski definition) is 1. The largest absolute Gasteiger partial charge is 0.492 e. The van der Waals surface area contributed by atoms with Crippen molar-refractivity contribution >= 4 is 28.2 Å². The van der Waals surface area contributed by atoms with E-state index in [4.69, 9.17) is 9.47 Å². The standard InChI is InChI=1S/C16H19BrO5/c1-21-13-10(9-18)8-11(17)12(14(13)22-2)16(15(19)20)6-4-3-5-7-16/h8-9H,3-7H2,1-2H3,(H,19,20). The molecule has 1 aromatic rings. The zero-order valence-electron chi connectivity index (χ0n) is 12.6. The molecule has 0 aliphatic heterocycles. The minimum absolute atomic E-state index is 0.280. The third-order valence-electron chi connectivity index (χ3n) is 4.35. The number of aliphatic carboxylic acids is 1. The van der Waals surface area contributed by atoms with E-state index < -0.39 is 11.4 Å². The molecule has 0 saturated heterocycles. The van der Waals surface area contributed by atoms with Gasteiger partial charge in [-0.25, -0.2) is 0 Å². The maximum atomic E-state index is 12.1. The highest BCUT2D eigenvalue weighted by molar-refractivity contribution is 9.10. The predicted octanol–water partition coefficient (Wildman–Crippen LogP) is 3.57. The molecule has 0 spiro atoms. The number of methoxy groups -OCH3 is 2. The first-order valence-electron chi connectivity index (χ1n) is 7.15. The molecule has 1 aliphatic carbocycles. The normalized spacial score (nSPS) is 16.9. The molecular formula is C16H19BrO5. The van der Waals surface area contributed by atoms with Gasteiger partial charge in [-0.05, 0) is 18.9 Å². The van der Waals surface area contributed by atoms with Crippen molar-refractivity contribution in [2.24, 2.45) is 0 Å². The van der Waals surface area contributed by atoms with Crippen LogP contribution in [0.25, 0.3) is 0 Å². The molecule has 0 amide bonds. The zero-order valence-corrected chi connectivity index (χ0v) is 14.2. The minimum atomic E-state index is -1.02.